The molecule has 2 atom stereocenters. The lowest BCUT2D eigenvalue weighted by molar-refractivity contribution is 0.223. The van der Waals surface area contributed by atoms with Gasteiger partial charge in [-0.2, -0.15) is 4.98 Å². The zero-order valence-electron chi connectivity index (χ0n) is 19.0. The predicted octanol–water partition coefficient (Wildman–Crippen LogP) is 6.83. The van der Waals surface area contributed by atoms with Crippen LogP contribution in [0.5, 0.6) is 5.75 Å². The number of anilines is 1. The lowest BCUT2D eigenvalue weighted by Gasteiger charge is -2.39. The van der Waals surface area contributed by atoms with E-state index in [1.54, 1.807) is 0 Å². The molecule has 1 N–H and O–H groups in total. The molecular weight excluding hydrogens is 464 g/mol. The number of nitrogens with one attached hydrogen (secondary N) is 1. The van der Waals surface area contributed by atoms with Crippen LogP contribution in [0, 0.1) is 13.8 Å². The molecule has 7 heteroatoms. The fraction of sp³-hybridized carbons (Fsp3) is 0.185. The summed E-state index contributed by atoms with van der Waals surface area (Å²) in [4.78, 5) is 4.77. The topological polar surface area (TPSA) is 52.0 Å². The lowest BCUT2D eigenvalue weighted by Crippen LogP contribution is -2.32. The maximum Gasteiger partial charge on any atom is 0.227 e. The van der Waals surface area contributed by atoms with Crippen LogP contribution in [0.15, 0.2) is 77.5 Å². The van der Waals surface area contributed by atoms with Gasteiger partial charge < -0.3 is 10.1 Å². The van der Waals surface area contributed by atoms with Gasteiger partial charge in [0.05, 0.1) is 5.70 Å². The van der Waals surface area contributed by atoms with E-state index in [2.05, 4.69) is 55.6 Å². The zero-order valence-corrected chi connectivity index (χ0v) is 20.6. The molecule has 0 spiro atoms. The zero-order chi connectivity index (χ0) is 23.4. The van der Waals surface area contributed by atoms with Crippen LogP contribution in [0.1, 0.15) is 40.0 Å². The Bertz CT molecular complexity index is 1430. The Hall–Kier alpha value is -3.22. The molecule has 170 valence electrons. The highest BCUT2D eigenvalue weighted by Crippen LogP contribution is 2.51. The van der Waals surface area contributed by atoms with Crippen molar-refractivity contribution in [1.29, 1.82) is 0 Å². The first-order valence-electron chi connectivity index (χ1n) is 11.1. The van der Waals surface area contributed by atoms with Gasteiger partial charge in [0.1, 0.15) is 17.9 Å². The number of nitrogens with zero attached hydrogens (tertiary/aromatic N) is 3. The monoisotopic (exact) mass is 486 g/mol. The van der Waals surface area contributed by atoms with Gasteiger partial charge in [0, 0.05) is 16.2 Å². The third-order valence-electron chi connectivity index (χ3n) is 6.36. The van der Waals surface area contributed by atoms with Crippen molar-refractivity contribution in [3.8, 4) is 5.75 Å². The second-order valence-corrected chi connectivity index (χ2v) is 9.89. The molecular formula is C27H23ClN4OS. The lowest BCUT2D eigenvalue weighted by atomic mass is 9.84. The SMILES string of the molecule is CSc1nc2n(n1)[C@H](c1ccc(C)cc1)C1=C(N2)c2cc(C)ccc2O[C@H]1c1ccc(Cl)cc1. The van der Waals surface area contributed by atoms with Gasteiger partial charge in [0.2, 0.25) is 11.1 Å². The number of rotatable bonds is 3. The molecule has 0 saturated heterocycles. The van der Waals surface area contributed by atoms with Crippen molar-refractivity contribution < 1.29 is 4.74 Å². The van der Waals surface area contributed by atoms with Gasteiger partial charge in [-0.05, 0) is 55.5 Å². The van der Waals surface area contributed by atoms with Crippen LogP contribution < -0.4 is 10.1 Å². The summed E-state index contributed by atoms with van der Waals surface area (Å²) in [6.07, 6.45) is 1.68. The summed E-state index contributed by atoms with van der Waals surface area (Å²) in [5.41, 5.74) is 7.73. The van der Waals surface area contributed by atoms with Crippen LogP contribution in [0.3, 0.4) is 0 Å². The van der Waals surface area contributed by atoms with E-state index in [4.69, 9.17) is 26.4 Å². The normalized spacial score (nSPS) is 18.5. The molecule has 6 rings (SSSR count). The molecule has 3 heterocycles. The number of ether oxygens (including phenoxy) is 1. The summed E-state index contributed by atoms with van der Waals surface area (Å²) in [5, 5.41) is 9.89. The summed E-state index contributed by atoms with van der Waals surface area (Å²) >= 11 is 7.76. The predicted molar refractivity (Wildman–Crippen MR) is 138 cm³/mol. The van der Waals surface area contributed by atoms with Crippen molar-refractivity contribution in [3.63, 3.8) is 0 Å². The van der Waals surface area contributed by atoms with Gasteiger partial charge in [0.15, 0.2) is 0 Å². The Morgan fingerprint density at radius 1 is 0.941 bits per heavy atom. The first-order valence-corrected chi connectivity index (χ1v) is 12.7. The summed E-state index contributed by atoms with van der Waals surface area (Å²) in [6.45, 7) is 4.20. The van der Waals surface area contributed by atoms with Crippen molar-refractivity contribution in [3.05, 3.63) is 105 Å². The second-order valence-electron chi connectivity index (χ2n) is 8.68. The van der Waals surface area contributed by atoms with Gasteiger partial charge in [-0.25, -0.2) is 4.68 Å². The van der Waals surface area contributed by atoms with E-state index < -0.39 is 0 Å². The molecule has 0 saturated carbocycles. The summed E-state index contributed by atoms with van der Waals surface area (Å²) in [5.74, 6) is 1.58. The van der Waals surface area contributed by atoms with Crippen LogP contribution in [-0.2, 0) is 0 Å². The van der Waals surface area contributed by atoms with E-state index >= 15 is 0 Å². The smallest absolute Gasteiger partial charge is 0.227 e. The average Bonchev–Trinajstić information content (AvgIpc) is 3.27. The Labute approximate surface area is 207 Å². The van der Waals surface area contributed by atoms with Crippen LogP contribution >= 0.6 is 23.4 Å². The number of aryl methyl sites for hydroxylation is 2. The molecule has 34 heavy (non-hydrogen) atoms. The van der Waals surface area contributed by atoms with Gasteiger partial charge in [-0.1, -0.05) is 77.0 Å². The summed E-state index contributed by atoms with van der Waals surface area (Å²) < 4.78 is 8.69. The number of aromatic nitrogens is 3. The van der Waals surface area contributed by atoms with Crippen LogP contribution in [0.4, 0.5) is 5.95 Å². The molecule has 0 bridgehead atoms. The molecule has 0 radical (unpaired) electrons. The highest BCUT2D eigenvalue weighted by atomic mass is 35.5. The maximum absolute atomic E-state index is 6.70. The van der Waals surface area contributed by atoms with E-state index in [0.29, 0.717) is 5.02 Å². The summed E-state index contributed by atoms with van der Waals surface area (Å²) in [7, 11) is 0. The Kier molecular flexibility index (Phi) is 5.15. The third kappa shape index (κ3) is 3.49. The highest BCUT2D eigenvalue weighted by Gasteiger charge is 2.41. The van der Waals surface area contributed by atoms with Crippen molar-refractivity contribution in [2.75, 3.05) is 11.6 Å². The van der Waals surface area contributed by atoms with E-state index in [-0.39, 0.29) is 12.1 Å². The van der Waals surface area contributed by atoms with E-state index in [9.17, 15) is 0 Å². The highest BCUT2D eigenvalue weighted by molar-refractivity contribution is 7.98. The maximum atomic E-state index is 6.70. The third-order valence-corrected chi connectivity index (χ3v) is 7.15. The molecule has 2 aliphatic heterocycles. The minimum absolute atomic E-state index is 0.172. The number of benzene rings is 3. The molecule has 0 amide bonds. The standard InChI is InChI=1S/C27H23ClN4OS/c1-15-4-7-17(8-5-15)24-22-23(29-26-30-27(34-3)31-32(24)26)20-14-16(2)6-13-21(20)33-25(22)18-9-11-19(28)12-10-18/h4-14,24-25H,1-3H3,(H,29,30,31)/t24-,25+/m1/s1. The summed E-state index contributed by atoms with van der Waals surface area (Å²) in [6, 6.07) is 22.6. The largest absolute Gasteiger partial charge is 0.480 e. The quantitative estimate of drug-likeness (QED) is 0.321. The fourth-order valence-corrected chi connectivity index (χ4v) is 5.17. The van der Waals surface area contributed by atoms with E-state index in [0.717, 1.165) is 44.8 Å². The van der Waals surface area contributed by atoms with E-state index in [1.807, 2.05) is 41.3 Å². The van der Waals surface area contributed by atoms with Gasteiger partial charge in [-0.3, -0.25) is 0 Å². The molecule has 3 aromatic carbocycles. The van der Waals surface area contributed by atoms with Crippen molar-refractivity contribution in [2.45, 2.75) is 31.1 Å². The number of halogens is 1. The minimum Gasteiger partial charge on any atom is -0.480 e. The van der Waals surface area contributed by atoms with Crippen LogP contribution in [-0.4, -0.2) is 21.0 Å². The van der Waals surface area contributed by atoms with Crippen molar-refractivity contribution >= 4 is 35.0 Å². The molecule has 0 fully saturated rings. The second kappa shape index (κ2) is 8.22. The first kappa shape index (κ1) is 21.3. The van der Waals surface area contributed by atoms with E-state index in [1.165, 1.54) is 22.9 Å². The van der Waals surface area contributed by atoms with Gasteiger partial charge >= 0.3 is 0 Å². The molecule has 2 aliphatic rings. The molecule has 0 aliphatic carbocycles. The van der Waals surface area contributed by atoms with Crippen LogP contribution in [0.2, 0.25) is 5.02 Å². The molecule has 1 aromatic heterocycles. The number of hydrogen-bond acceptors (Lipinski definition) is 5. The number of fused-ring (bicyclic) bond motifs is 3. The Balaban J connectivity index is 1.63. The van der Waals surface area contributed by atoms with Gasteiger partial charge in [-0.15, -0.1) is 5.10 Å². The number of hydrogen-bond donors (Lipinski definition) is 1. The molecule has 5 nitrogen and oxygen atoms in total. The average molecular weight is 487 g/mol. The van der Waals surface area contributed by atoms with Gasteiger partial charge in [0.25, 0.3) is 0 Å². The molecule has 0 unspecified atom stereocenters. The Morgan fingerprint density at radius 2 is 1.65 bits per heavy atom. The fourth-order valence-electron chi connectivity index (χ4n) is 4.69. The van der Waals surface area contributed by atoms with Crippen molar-refractivity contribution in [1.82, 2.24) is 14.8 Å². The Morgan fingerprint density at radius 3 is 2.38 bits per heavy atom. The van der Waals surface area contributed by atoms with Crippen LogP contribution in [0.25, 0.3) is 5.70 Å². The number of thioether (sulfide) groups is 1. The molecule has 4 aromatic rings. The minimum atomic E-state index is -0.309. The van der Waals surface area contributed by atoms with Crippen molar-refractivity contribution in [2.24, 2.45) is 0 Å². The first-order chi connectivity index (χ1) is 16.5.